The van der Waals surface area contributed by atoms with Crippen molar-refractivity contribution in [2.75, 3.05) is 0 Å². The fourth-order valence-corrected chi connectivity index (χ4v) is 2.05. The number of benzene rings is 1. The first-order valence-corrected chi connectivity index (χ1v) is 5.77. The molecule has 0 aliphatic rings. The second-order valence-electron chi connectivity index (χ2n) is 2.49. The van der Waals surface area contributed by atoms with Gasteiger partial charge in [-0.2, -0.15) is 0 Å². The van der Waals surface area contributed by atoms with Crippen LogP contribution in [-0.4, -0.2) is 4.98 Å². The Hall–Kier alpha value is -0.580. The van der Waals surface area contributed by atoms with Crippen LogP contribution in [0, 0.1) is 0 Å². The van der Waals surface area contributed by atoms with E-state index < -0.39 is 0 Å². The second kappa shape index (κ2) is 4.29. The van der Waals surface area contributed by atoms with Crippen LogP contribution >= 0.6 is 38.9 Å². The number of aromatic nitrogens is 1. The molecular formula is C9H5BrClNOS. The Morgan fingerprint density at radius 1 is 1.29 bits per heavy atom. The fourth-order valence-electron chi connectivity index (χ4n) is 0.890. The summed E-state index contributed by atoms with van der Waals surface area (Å²) in [5, 5.41) is 1.30. The lowest BCUT2D eigenvalue weighted by atomic mass is 10.3. The molecule has 0 N–H and O–H groups in total. The molecule has 0 bridgehead atoms. The molecule has 0 radical (unpaired) electrons. The van der Waals surface area contributed by atoms with Gasteiger partial charge < -0.3 is 4.74 Å². The maximum atomic E-state index is 5.74. The quantitative estimate of drug-likeness (QED) is 0.820. The topological polar surface area (TPSA) is 22.1 Å². The lowest BCUT2D eigenvalue weighted by Gasteiger charge is -2.00. The van der Waals surface area contributed by atoms with E-state index in [2.05, 4.69) is 20.9 Å². The standard InChI is InChI=1S/C9H5BrClNOS/c10-8-5-12-9(14-8)13-7-3-1-6(11)2-4-7/h1-5H. The molecule has 2 rings (SSSR count). The van der Waals surface area contributed by atoms with Gasteiger partial charge in [-0.15, -0.1) is 0 Å². The molecule has 0 fully saturated rings. The van der Waals surface area contributed by atoms with Gasteiger partial charge in [-0.05, 0) is 40.2 Å². The number of ether oxygens (including phenoxy) is 1. The van der Waals surface area contributed by atoms with E-state index in [1.54, 1.807) is 30.5 Å². The number of rotatable bonds is 2. The van der Waals surface area contributed by atoms with Gasteiger partial charge in [0.15, 0.2) is 0 Å². The highest BCUT2D eigenvalue weighted by Gasteiger charge is 2.01. The molecule has 2 nitrogen and oxygen atoms in total. The molecule has 14 heavy (non-hydrogen) atoms. The van der Waals surface area contributed by atoms with Crippen LogP contribution in [0.3, 0.4) is 0 Å². The third-order valence-electron chi connectivity index (χ3n) is 1.48. The van der Waals surface area contributed by atoms with Crippen molar-refractivity contribution in [3.05, 3.63) is 39.3 Å². The molecule has 5 heteroatoms. The minimum atomic E-state index is 0.610. The highest BCUT2D eigenvalue weighted by Crippen LogP contribution is 2.29. The second-order valence-corrected chi connectivity index (χ2v) is 5.30. The van der Waals surface area contributed by atoms with Crippen molar-refractivity contribution in [1.82, 2.24) is 4.98 Å². The molecule has 0 unspecified atom stereocenters. The van der Waals surface area contributed by atoms with Crippen molar-refractivity contribution >= 4 is 38.9 Å². The zero-order valence-electron chi connectivity index (χ0n) is 6.91. The Morgan fingerprint density at radius 3 is 2.57 bits per heavy atom. The molecule has 0 saturated carbocycles. The average Bonchev–Trinajstić information content (AvgIpc) is 2.56. The van der Waals surface area contributed by atoms with Crippen LogP contribution in [0.25, 0.3) is 0 Å². The summed E-state index contributed by atoms with van der Waals surface area (Å²) in [6.45, 7) is 0. The fraction of sp³-hybridized carbons (Fsp3) is 0. The zero-order valence-corrected chi connectivity index (χ0v) is 10.1. The molecule has 2 aromatic rings. The molecule has 0 aliphatic carbocycles. The molecule has 1 aromatic heterocycles. The lowest BCUT2D eigenvalue weighted by Crippen LogP contribution is -1.81. The van der Waals surface area contributed by atoms with E-state index in [1.807, 2.05) is 0 Å². The van der Waals surface area contributed by atoms with Gasteiger partial charge >= 0.3 is 0 Å². The number of hydrogen-bond acceptors (Lipinski definition) is 3. The summed E-state index contributed by atoms with van der Waals surface area (Å²) in [6, 6.07) is 7.16. The number of nitrogens with zero attached hydrogens (tertiary/aromatic N) is 1. The van der Waals surface area contributed by atoms with Crippen molar-refractivity contribution in [1.29, 1.82) is 0 Å². The molecule has 0 atom stereocenters. The van der Waals surface area contributed by atoms with Crippen LogP contribution in [0.2, 0.25) is 5.02 Å². The highest BCUT2D eigenvalue weighted by molar-refractivity contribution is 9.11. The van der Waals surface area contributed by atoms with Gasteiger partial charge in [0.25, 0.3) is 5.19 Å². The predicted octanol–water partition coefficient (Wildman–Crippen LogP) is 4.35. The number of hydrogen-bond donors (Lipinski definition) is 0. The first-order valence-electron chi connectivity index (χ1n) is 3.79. The largest absolute Gasteiger partial charge is 0.431 e. The lowest BCUT2D eigenvalue weighted by molar-refractivity contribution is 0.479. The molecular weight excluding hydrogens is 286 g/mol. The minimum absolute atomic E-state index is 0.610. The summed E-state index contributed by atoms with van der Waals surface area (Å²) in [6.07, 6.45) is 1.70. The third-order valence-corrected chi connectivity index (χ3v) is 3.08. The van der Waals surface area contributed by atoms with E-state index in [9.17, 15) is 0 Å². The molecule has 1 heterocycles. The van der Waals surface area contributed by atoms with E-state index in [-0.39, 0.29) is 0 Å². The summed E-state index contributed by atoms with van der Waals surface area (Å²) >= 11 is 10.5. The van der Waals surface area contributed by atoms with Crippen LogP contribution in [0.4, 0.5) is 0 Å². The number of halogens is 2. The van der Waals surface area contributed by atoms with Crippen molar-refractivity contribution in [2.24, 2.45) is 0 Å². The van der Waals surface area contributed by atoms with Gasteiger partial charge in [0.2, 0.25) is 0 Å². The van der Waals surface area contributed by atoms with Gasteiger partial charge in [-0.3, -0.25) is 0 Å². The molecule has 1 aromatic carbocycles. The predicted molar refractivity (Wildman–Crippen MR) is 61.3 cm³/mol. The van der Waals surface area contributed by atoms with Crippen LogP contribution < -0.4 is 4.74 Å². The van der Waals surface area contributed by atoms with Crippen LogP contribution in [-0.2, 0) is 0 Å². The minimum Gasteiger partial charge on any atom is -0.431 e. The Morgan fingerprint density at radius 2 is 2.00 bits per heavy atom. The SMILES string of the molecule is Clc1ccc(Oc2ncc(Br)s2)cc1. The van der Waals surface area contributed by atoms with Crippen molar-refractivity contribution in [3.63, 3.8) is 0 Å². The van der Waals surface area contributed by atoms with E-state index in [4.69, 9.17) is 16.3 Å². The maximum absolute atomic E-state index is 5.74. The van der Waals surface area contributed by atoms with Crippen LogP contribution in [0.1, 0.15) is 0 Å². The maximum Gasteiger partial charge on any atom is 0.279 e. The normalized spacial score (nSPS) is 10.1. The Kier molecular flexibility index (Phi) is 3.05. The van der Waals surface area contributed by atoms with Gasteiger partial charge in [0.05, 0.1) is 9.98 Å². The van der Waals surface area contributed by atoms with E-state index in [1.165, 1.54) is 11.3 Å². The third kappa shape index (κ3) is 2.47. The smallest absolute Gasteiger partial charge is 0.279 e. The van der Waals surface area contributed by atoms with E-state index >= 15 is 0 Å². The van der Waals surface area contributed by atoms with Crippen molar-refractivity contribution in [3.8, 4) is 10.9 Å². The van der Waals surface area contributed by atoms with Gasteiger partial charge in [0.1, 0.15) is 5.75 Å². The zero-order chi connectivity index (χ0) is 9.97. The van der Waals surface area contributed by atoms with Gasteiger partial charge in [-0.25, -0.2) is 4.98 Å². The van der Waals surface area contributed by atoms with Crippen molar-refractivity contribution in [2.45, 2.75) is 0 Å². The van der Waals surface area contributed by atoms with Crippen LogP contribution in [0.5, 0.6) is 10.9 Å². The average molecular weight is 291 g/mol. The molecule has 0 spiro atoms. The van der Waals surface area contributed by atoms with Gasteiger partial charge in [-0.1, -0.05) is 22.9 Å². The molecule has 0 aliphatic heterocycles. The summed E-state index contributed by atoms with van der Waals surface area (Å²) in [4.78, 5) is 4.05. The first kappa shape index (κ1) is 9.96. The van der Waals surface area contributed by atoms with Gasteiger partial charge in [0, 0.05) is 5.02 Å². The molecule has 0 saturated heterocycles. The summed E-state index contributed by atoms with van der Waals surface area (Å²) in [7, 11) is 0. The van der Waals surface area contributed by atoms with E-state index in [0.717, 1.165) is 9.54 Å². The van der Waals surface area contributed by atoms with E-state index in [0.29, 0.717) is 10.2 Å². The Labute approximate surface area is 98.6 Å². The summed E-state index contributed by atoms with van der Waals surface area (Å²) in [5.41, 5.74) is 0. The highest BCUT2D eigenvalue weighted by atomic mass is 79.9. The summed E-state index contributed by atoms with van der Waals surface area (Å²) in [5.74, 6) is 0.733. The molecule has 72 valence electrons. The Balaban J connectivity index is 2.15. The first-order chi connectivity index (χ1) is 6.74. The number of thiazole rings is 1. The monoisotopic (exact) mass is 289 g/mol. The summed E-state index contributed by atoms with van der Waals surface area (Å²) < 4.78 is 6.42. The Bertz CT molecular complexity index is 429. The molecule has 0 amide bonds. The van der Waals surface area contributed by atoms with Crippen molar-refractivity contribution < 1.29 is 4.74 Å². The van der Waals surface area contributed by atoms with Crippen LogP contribution in [0.15, 0.2) is 34.2 Å².